The Labute approximate surface area is 95.5 Å². The summed E-state index contributed by atoms with van der Waals surface area (Å²) in [7, 11) is 0. The van der Waals surface area contributed by atoms with Gasteiger partial charge < -0.3 is 6.15 Å². The van der Waals surface area contributed by atoms with Crippen LogP contribution in [0.2, 0.25) is 0 Å². The molecule has 0 aliphatic heterocycles. The predicted octanol–water partition coefficient (Wildman–Crippen LogP) is 3.21. The summed E-state index contributed by atoms with van der Waals surface area (Å²) in [6.07, 6.45) is 1.10. The molecule has 1 aromatic heterocycles. The second kappa shape index (κ2) is 4.68. The lowest BCUT2D eigenvalue weighted by Crippen LogP contribution is -1.98. The molecule has 2 rings (SSSR count). The van der Waals surface area contributed by atoms with Gasteiger partial charge in [-0.05, 0) is 31.0 Å². The van der Waals surface area contributed by atoms with Gasteiger partial charge in [-0.1, -0.05) is 13.0 Å². The minimum Gasteiger partial charge on any atom is -0.344 e. The predicted molar refractivity (Wildman–Crippen MR) is 67.0 cm³/mol. The van der Waals surface area contributed by atoms with Gasteiger partial charge in [0.2, 0.25) is 0 Å². The summed E-state index contributed by atoms with van der Waals surface area (Å²) in [6.45, 7) is 5.21. The van der Waals surface area contributed by atoms with Crippen LogP contribution >= 0.6 is 12.6 Å². The van der Waals surface area contributed by atoms with Crippen LogP contribution in [-0.2, 0) is 6.54 Å². The maximum absolute atomic E-state index is 4.40. The van der Waals surface area contributed by atoms with E-state index in [0.29, 0.717) is 0 Å². The molecule has 0 saturated carbocycles. The van der Waals surface area contributed by atoms with Gasteiger partial charge in [-0.2, -0.15) is 5.10 Å². The van der Waals surface area contributed by atoms with E-state index in [-0.39, 0.29) is 6.15 Å². The van der Waals surface area contributed by atoms with Gasteiger partial charge in [0.15, 0.2) is 0 Å². The Balaban J connectivity index is 0.00000112. The fourth-order valence-corrected chi connectivity index (χ4v) is 1.95. The molecule has 0 fully saturated rings. The summed E-state index contributed by atoms with van der Waals surface area (Å²) in [5.41, 5.74) is 2.46. The second-order valence-electron chi connectivity index (χ2n) is 3.57. The third-order valence-electron chi connectivity index (χ3n) is 2.32. The van der Waals surface area contributed by atoms with E-state index < -0.39 is 0 Å². The van der Waals surface area contributed by atoms with Crippen LogP contribution in [0.25, 0.3) is 10.9 Å². The van der Waals surface area contributed by atoms with E-state index in [1.807, 2.05) is 4.68 Å². The number of aromatic nitrogens is 2. The number of hydrogen-bond donors (Lipinski definition) is 2. The molecule has 0 aliphatic rings. The van der Waals surface area contributed by atoms with Crippen molar-refractivity contribution in [2.45, 2.75) is 31.8 Å². The Hall–Kier alpha value is -1.00. The molecule has 0 bridgehead atoms. The summed E-state index contributed by atoms with van der Waals surface area (Å²) < 4.78 is 2.03. The maximum atomic E-state index is 4.40. The topological polar surface area (TPSA) is 52.8 Å². The number of benzene rings is 1. The van der Waals surface area contributed by atoms with Crippen molar-refractivity contribution < 1.29 is 0 Å². The number of hydrogen-bond acceptors (Lipinski definition) is 3. The van der Waals surface area contributed by atoms with Crippen LogP contribution in [0.3, 0.4) is 0 Å². The number of fused-ring (bicyclic) bond motifs is 1. The van der Waals surface area contributed by atoms with Crippen LogP contribution in [0, 0.1) is 6.92 Å². The average Bonchev–Trinajstić information content (AvgIpc) is 2.44. The molecule has 3 N–H and O–H groups in total. The maximum Gasteiger partial charge on any atom is 0.123 e. The Morgan fingerprint density at radius 3 is 2.80 bits per heavy atom. The number of nitrogens with zero attached hydrogens (tertiary/aromatic N) is 2. The highest BCUT2D eigenvalue weighted by atomic mass is 32.1. The Morgan fingerprint density at radius 1 is 1.40 bits per heavy atom. The zero-order chi connectivity index (χ0) is 10.1. The van der Waals surface area contributed by atoms with Crippen molar-refractivity contribution in [3.63, 3.8) is 0 Å². The van der Waals surface area contributed by atoms with Crippen molar-refractivity contribution in [2.24, 2.45) is 0 Å². The number of rotatable bonds is 2. The van der Waals surface area contributed by atoms with Gasteiger partial charge in [0.1, 0.15) is 5.03 Å². The lowest BCUT2D eigenvalue weighted by atomic mass is 10.2. The van der Waals surface area contributed by atoms with Crippen LogP contribution in [-0.4, -0.2) is 9.78 Å². The minimum atomic E-state index is 0. The first kappa shape index (κ1) is 12.1. The zero-order valence-electron chi connectivity index (χ0n) is 9.20. The quantitative estimate of drug-likeness (QED) is 0.768. The van der Waals surface area contributed by atoms with E-state index in [4.69, 9.17) is 0 Å². The van der Waals surface area contributed by atoms with Crippen LogP contribution < -0.4 is 6.15 Å². The molecule has 0 aliphatic carbocycles. The number of thiol groups is 1. The smallest absolute Gasteiger partial charge is 0.123 e. The molecule has 0 atom stereocenters. The molecule has 2 aromatic rings. The van der Waals surface area contributed by atoms with Gasteiger partial charge in [-0.3, -0.25) is 4.68 Å². The van der Waals surface area contributed by atoms with Crippen LogP contribution in [0.15, 0.2) is 23.2 Å². The summed E-state index contributed by atoms with van der Waals surface area (Å²) in [5, 5.41) is 6.37. The molecule has 15 heavy (non-hydrogen) atoms. The highest BCUT2D eigenvalue weighted by Gasteiger charge is 2.06. The van der Waals surface area contributed by atoms with E-state index in [1.165, 1.54) is 11.1 Å². The standard InChI is InChI=1S/C11H14N2S.H3N/c1-3-6-13-10-7-8(2)4-5-9(10)11(14)12-13;/h4-5,7H,3,6H2,1-2H3,(H,12,14);1H3. The molecule has 3 nitrogen and oxygen atoms in total. The van der Waals surface area contributed by atoms with Gasteiger partial charge in [-0.15, -0.1) is 12.6 Å². The van der Waals surface area contributed by atoms with Crippen molar-refractivity contribution in [1.29, 1.82) is 0 Å². The SMILES string of the molecule is CCCn1nc(S)c2ccc(C)cc21.N. The normalized spacial score (nSPS) is 10.3. The van der Waals surface area contributed by atoms with Gasteiger partial charge >= 0.3 is 0 Å². The largest absolute Gasteiger partial charge is 0.344 e. The summed E-state index contributed by atoms with van der Waals surface area (Å²) >= 11 is 4.37. The Morgan fingerprint density at radius 2 is 2.13 bits per heavy atom. The monoisotopic (exact) mass is 223 g/mol. The van der Waals surface area contributed by atoms with Crippen molar-refractivity contribution in [1.82, 2.24) is 15.9 Å². The lowest BCUT2D eigenvalue weighted by Gasteiger charge is -2.00. The Bertz CT molecular complexity index is 462. The first-order chi connectivity index (χ1) is 6.72. The zero-order valence-corrected chi connectivity index (χ0v) is 10.1. The highest BCUT2D eigenvalue weighted by Crippen LogP contribution is 2.22. The fraction of sp³-hybridized carbons (Fsp3) is 0.364. The van der Waals surface area contributed by atoms with Gasteiger partial charge in [0.25, 0.3) is 0 Å². The molecule has 1 aromatic carbocycles. The van der Waals surface area contributed by atoms with Crippen LogP contribution in [0.1, 0.15) is 18.9 Å². The summed E-state index contributed by atoms with van der Waals surface area (Å²) in [4.78, 5) is 0. The van der Waals surface area contributed by atoms with E-state index in [9.17, 15) is 0 Å². The van der Waals surface area contributed by atoms with E-state index in [0.717, 1.165) is 23.4 Å². The number of aryl methyl sites for hydroxylation is 2. The molecular formula is C11H17N3S. The third kappa shape index (κ3) is 2.16. The summed E-state index contributed by atoms with van der Waals surface area (Å²) in [6, 6.07) is 6.35. The first-order valence-corrected chi connectivity index (χ1v) is 5.33. The fourth-order valence-electron chi connectivity index (χ4n) is 1.65. The van der Waals surface area contributed by atoms with Crippen molar-refractivity contribution in [3.8, 4) is 0 Å². The molecule has 0 spiro atoms. The van der Waals surface area contributed by atoms with Gasteiger partial charge in [0.05, 0.1) is 5.52 Å². The van der Waals surface area contributed by atoms with Gasteiger partial charge in [0, 0.05) is 11.9 Å². The van der Waals surface area contributed by atoms with Crippen molar-refractivity contribution >= 4 is 23.5 Å². The third-order valence-corrected chi connectivity index (χ3v) is 2.65. The Kier molecular flexibility index (Phi) is 3.77. The second-order valence-corrected chi connectivity index (χ2v) is 3.99. The minimum absolute atomic E-state index is 0. The van der Waals surface area contributed by atoms with Crippen molar-refractivity contribution in [3.05, 3.63) is 23.8 Å². The molecule has 82 valence electrons. The van der Waals surface area contributed by atoms with E-state index in [1.54, 1.807) is 0 Å². The summed E-state index contributed by atoms with van der Waals surface area (Å²) in [5.74, 6) is 0. The average molecular weight is 223 g/mol. The molecule has 4 heteroatoms. The van der Waals surface area contributed by atoms with Crippen LogP contribution in [0.5, 0.6) is 0 Å². The molecule has 0 saturated heterocycles. The van der Waals surface area contributed by atoms with E-state index in [2.05, 4.69) is 49.8 Å². The molecule has 0 amide bonds. The van der Waals surface area contributed by atoms with Crippen molar-refractivity contribution in [2.75, 3.05) is 0 Å². The first-order valence-electron chi connectivity index (χ1n) is 4.88. The van der Waals surface area contributed by atoms with E-state index >= 15 is 0 Å². The van der Waals surface area contributed by atoms with Gasteiger partial charge in [-0.25, -0.2) is 0 Å². The highest BCUT2D eigenvalue weighted by molar-refractivity contribution is 7.80. The molecule has 0 unspecified atom stereocenters. The molecule has 1 heterocycles. The molecule has 0 radical (unpaired) electrons. The molecular weight excluding hydrogens is 206 g/mol. The lowest BCUT2D eigenvalue weighted by molar-refractivity contribution is 0.608. The van der Waals surface area contributed by atoms with Crippen LogP contribution in [0.4, 0.5) is 0 Å².